The number of halogens is 2. The molecule has 0 bridgehead atoms. The molecule has 0 aromatic heterocycles. The van der Waals surface area contributed by atoms with E-state index in [4.69, 9.17) is 28.6 Å². The Hall–Kier alpha value is -2.45. The van der Waals surface area contributed by atoms with Crippen molar-refractivity contribution in [3.05, 3.63) is 40.1 Å². The summed E-state index contributed by atoms with van der Waals surface area (Å²) in [5.74, 6) is 0.459. The molecule has 1 fully saturated rings. The number of amides is 2. The van der Waals surface area contributed by atoms with Crippen LogP contribution in [0.25, 0.3) is 0 Å². The van der Waals surface area contributed by atoms with Gasteiger partial charge in [0, 0.05) is 62.0 Å². The summed E-state index contributed by atoms with van der Waals surface area (Å²) in [6.07, 6.45) is 3.29. The van der Waals surface area contributed by atoms with E-state index in [0.717, 1.165) is 12.8 Å². The lowest BCUT2D eigenvalue weighted by Crippen LogP contribution is -2.51. The van der Waals surface area contributed by atoms with Crippen LogP contribution in [0.4, 0.5) is 5.69 Å². The van der Waals surface area contributed by atoms with Crippen LogP contribution in [0.15, 0.2) is 30.1 Å². The molecule has 1 saturated heterocycles. The highest BCUT2D eigenvalue weighted by Gasteiger charge is 2.27. The fourth-order valence-corrected chi connectivity index (χ4v) is 3.76. The van der Waals surface area contributed by atoms with Crippen LogP contribution >= 0.6 is 23.2 Å². The van der Waals surface area contributed by atoms with Crippen molar-refractivity contribution in [2.24, 2.45) is 0 Å². The number of rotatable bonds is 7. The van der Waals surface area contributed by atoms with Gasteiger partial charge in [-0.2, -0.15) is 0 Å². The second-order valence-corrected chi connectivity index (χ2v) is 8.01. The summed E-state index contributed by atoms with van der Waals surface area (Å²) >= 11 is 12.0. The van der Waals surface area contributed by atoms with Gasteiger partial charge in [0.05, 0.1) is 6.54 Å². The van der Waals surface area contributed by atoms with Crippen molar-refractivity contribution in [3.8, 4) is 0 Å². The Kier molecular flexibility index (Phi) is 8.80. The first-order valence-electron chi connectivity index (χ1n) is 9.65. The first kappa shape index (κ1) is 23.8. The summed E-state index contributed by atoms with van der Waals surface area (Å²) in [6, 6.07) is 5.09. The average Bonchev–Trinajstić information content (AvgIpc) is 2.69. The molecular weight excluding hydrogens is 427 g/mol. The number of likely N-dealkylation sites (N-methyl/N-ethyl adjacent to an activating group) is 1. The molecule has 0 aliphatic carbocycles. The van der Waals surface area contributed by atoms with E-state index in [1.165, 1.54) is 6.92 Å². The Morgan fingerprint density at radius 3 is 2.57 bits per heavy atom. The lowest BCUT2D eigenvalue weighted by Gasteiger charge is -2.38. The Labute approximate surface area is 187 Å². The van der Waals surface area contributed by atoms with E-state index in [1.807, 2.05) is 11.9 Å². The van der Waals surface area contributed by atoms with Crippen molar-refractivity contribution < 1.29 is 9.59 Å². The predicted octanol–water partition coefficient (Wildman–Crippen LogP) is 2.50. The van der Waals surface area contributed by atoms with Crippen molar-refractivity contribution in [3.63, 3.8) is 0 Å². The van der Waals surface area contributed by atoms with E-state index in [-0.39, 0.29) is 30.2 Å². The number of nitrogens with one attached hydrogen (secondary N) is 4. The molecule has 0 saturated carbocycles. The molecule has 0 radical (unpaired) electrons. The largest absolute Gasteiger partial charge is 0.376 e. The Bertz CT molecular complexity index is 809. The van der Waals surface area contributed by atoms with Crippen LogP contribution in [0.2, 0.25) is 10.0 Å². The van der Waals surface area contributed by atoms with Crippen molar-refractivity contribution >= 4 is 46.5 Å². The molecule has 0 spiro atoms. The molecule has 1 heterocycles. The lowest BCUT2D eigenvalue weighted by atomic mass is 10.0. The van der Waals surface area contributed by atoms with Crippen molar-refractivity contribution in [1.82, 2.24) is 20.4 Å². The molecule has 164 valence electrons. The number of carbonyl (C=O) groups excluding carboxylic acids is 2. The zero-order valence-electron chi connectivity index (χ0n) is 17.4. The molecule has 30 heavy (non-hydrogen) atoms. The van der Waals surface area contributed by atoms with Gasteiger partial charge in [-0.1, -0.05) is 23.2 Å². The van der Waals surface area contributed by atoms with Crippen LogP contribution < -0.4 is 16.0 Å². The highest BCUT2D eigenvalue weighted by atomic mass is 35.5. The average molecular weight is 455 g/mol. The molecule has 0 unspecified atom stereocenters. The number of amidine groups is 1. The topological polar surface area (TPSA) is 101 Å². The predicted molar refractivity (Wildman–Crippen MR) is 121 cm³/mol. The first-order chi connectivity index (χ1) is 14.2. The molecule has 1 aliphatic heterocycles. The third-order valence-electron chi connectivity index (χ3n) is 4.84. The summed E-state index contributed by atoms with van der Waals surface area (Å²) in [7, 11) is 3.50. The number of anilines is 1. The molecular formula is C20H28Cl2N6O2. The van der Waals surface area contributed by atoms with Gasteiger partial charge in [0.15, 0.2) is 0 Å². The standard InChI is InChI=1S/C20H28Cl2N6O2/c1-13(29)26-19(24-2)10-18(23)27(3)17-5-4-6-28(12-17)20(30)11-25-16-8-14(21)7-15(22)9-16/h7-10,17,23-25H,4-6,11-12H2,1-3H3,(H,26,29)/b19-10+,23-18?/t17-/m0/s1. The van der Waals surface area contributed by atoms with Crippen LogP contribution in [0.5, 0.6) is 0 Å². The summed E-state index contributed by atoms with van der Waals surface area (Å²) < 4.78 is 0. The van der Waals surface area contributed by atoms with E-state index in [0.29, 0.717) is 34.6 Å². The fourth-order valence-electron chi connectivity index (χ4n) is 3.24. The summed E-state index contributed by atoms with van der Waals surface area (Å²) in [4.78, 5) is 27.5. The number of hydrogen-bond donors (Lipinski definition) is 4. The first-order valence-corrected chi connectivity index (χ1v) is 10.4. The second kappa shape index (κ2) is 11.1. The molecule has 1 aromatic rings. The van der Waals surface area contributed by atoms with Gasteiger partial charge >= 0.3 is 0 Å². The minimum Gasteiger partial charge on any atom is -0.376 e. The number of nitrogens with zero attached hydrogens (tertiary/aromatic N) is 2. The number of likely N-dealkylation sites (tertiary alicyclic amines) is 1. The minimum atomic E-state index is -0.214. The van der Waals surface area contributed by atoms with Gasteiger partial charge in [-0.15, -0.1) is 0 Å². The number of piperidine rings is 1. The zero-order valence-corrected chi connectivity index (χ0v) is 18.9. The maximum Gasteiger partial charge on any atom is 0.241 e. The fraction of sp³-hybridized carbons (Fsp3) is 0.450. The van der Waals surface area contributed by atoms with E-state index >= 15 is 0 Å². The van der Waals surface area contributed by atoms with Gasteiger partial charge in [-0.05, 0) is 31.0 Å². The smallest absolute Gasteiger partial charge is 0.241 e. The highest BCUT2D eigenvalue weighted by Crippen LogP contribution is 2.22. The van der Waals surface area contributed by atoms with Crippen LogP contribution in [-0.2, 0) is 9.59 Å². The number of hydrogen-bond acceptors (Lipinski definition) is 5. The van der Waals surface area contributed by atoms with Crippen molar-refractivity contribution in [2.45, 2.75) is 25.8 Å². The third-order valence-corrected chi connectivity index (χ3v) is 5.28. The molecule has 10 heteroatoms. The quantitative estimate of drug-likeness (QED) is 0.374. The van der Waals surface area contributed by atoms with E-state index < -0.39 is 0 Å². The van der Waals surface area contributed by atoms with Crippen LogP contribution in [0, 0.1) is 5.41 Å². The van der Waals surface area contributed by atoms with Crippen LogP contribution in [-0.4, -0.2) is 67.2 Å². The Morgan fingerprint density at radius 1 is 1.30 bits per heavy atom. The maximum absolute atomic E-state index is 12.7. The van der Waals surface area contributed by atoms with E-state index in [9.17, 15) is 9.59 Å². The van der Waals surface area contributed by atoms with Crippen LogP contribution in [0.3, 0.4) is 0 Å². The molecule has 8 nitrogen and oxygen atoms in total. The summed E-state index contributed by atoms with van der Waals surface area (Å²) in [6.45, 7) is 2.75. The molecule has 2 amide bonds. The molecule has 1 atom stereocenters. The number of benzene rings is 1. The summed E-state index contributed by atoms with van der Waals surface area (Å²) in [5, 5.41) is 17.9. The normalized spacial score (nSPS) is 16.6. The molecule has 4 N–H and O–H groups in total. The molecule has 1 aliphatic rings. The van der Waals surface area contributed by atoms with Gasteiger partial charge < -0.3 is 25.8 Å². The highest BCUT2D eigenvalue weighted by molar-refractivity contribution is 6.35. The van der Waals surface area contributed by atoms with Gasteiger partial charge in [-0.25, -0.2) is 0 Å². The van der Waals surface area contributed by atoms with Gasteiger partial charge in [0.1, 0.15) is 11.7 Å². The lowest BCUT2D eigenvalue weighted by molar-refractivity contribution is -0.131. The Morgan fingerprint density at radius 2 is 1.97 bits per heavy atom. The molecule has 2 rings (SSSR count). The SMILES string of the molecule is CN/C(=C\C(=N)N(C)[C@H]1CCCN(C(=O)CNc2cc(Cl)cc(Cl)c2)C1)NC(C)=O. The monoisotopic (exact) mass is 454 g/mol. The zero-order chi connectivity index (χ0) is 22.3. The van der Waals surface area contributed by atoms with Gasteiger partial charge in [-0.3, -0.25) is 15.0 Å². The second-order valence-electron chi connectivity index (χ2n) is 7.13. The third kappa shape index (κ3) is 7.11. The van der Waals surface area contributed by atoms with Gasteiger partial charge in [0.2, 0.25) is 11.8 Å². The number of carbonyl (C=O) groups is 2. The van der Waals surface area contributed by atoms with Gasteiger partial charge in [0.25, 0.3) is 0 Å². The van der Waals surface area contributed by atoms with Crippen molar-refractivity contribution in [1.29, 1.82) is 5.41 Å². The Balaban J connectivity index is 1.94. The summed E-state index contributed by atoms with van der Waals surface area (Å²) in [5.41, 5.74) is 0.691. The van der Waals surface area contributed by atoms with E-state index in [1.54, 1.807) is 36.2 Å². The molecule has 1 aromatic carbocycles. The van der Waals surface area contributed by atoms with E-state index in [2.05, 4.69) is 16.0 Å². The van der Waals surface area contributed by atoms with Crippen LogP contribution in [0.1, 0.15) is 19.8 Å². The van der Waals surface area contributed by atoms with Crippen molar-refractivity contribution in [2.75, 3.05) is 39.0 Å². The minimum absolute atomic E-state index is 0.0162. The maximum atomic E-state index is 12.7.